The van der Waals surface area contributed by atoms with Crippen molar-refractivity contribution in [2.24, 2.45) is 0 Å². The molecule has 0 saturated carbocycles. The first-order valence-electron chi connectivity index (χ1n) is 6.74. The van der Waals surface area contributed by atoms with Crippen molar-refractivity contribution in [2.75, 3.05) is 6.54 Å². The standard InChI is InChI=1S/C14H17F3N4/c1-2-6-18-8-13-19-10-20-21(13)9-11-4-3-5-12(7-11)14(15,16)17/h3-5,7,10,18H,2,6,8-9H2,1H3. The van der Waals surface area contributed by atoms with Crippen LogP contribution in [0.2, 0.25) is 0 Å². The average molecular weight is 298 g/mol. The molecule has 0 bridgehead atoms. The lowest BCUT2D eigenvalue weighted by Gasteiger charge is -2.10. The highest BCUT2D eigenvalue weighted by molar-refractivity contribution is 5.25. The number of hydrogen-bond donors (Lipinski definition) is 1. The fourth-order valence-corrected chi connectivity index (χ4v) is 1.95. The number of aromatic nitrogens is 3. The summed E-state index contributed by atoms with van der Waals surface area (Å²) in [5.41, 5.74) is -0.0992. The Morgan fingerprint density at radius 2 is 2.10 bits per heavy atom. The third-order valence-electron chi connectivity index (χ3n) is 2.99. The van der Waals surface area contributed by atoms with Gasteiger partial charge < -0.3 is 5.32 Å². The highest BCUT2D eigenvalue weighted by Gasteiger charge is 2.30. The van der Waals surface area contributed by atoms with E-state index in [0.29, 0.717) is 17.9 Å². The number of halogens is 3. The molecule has 0 spiro atoms. The molecule has 114 valence electrons. The minimum Gasteiger partial charge on any atom is -0.310 e. The van der Waals surface area contributed by atoms with Gasteiger partial charge in [-0.05, 0) is 30.7 Å². The summed E-state index contributed by atoms with van der Waals surface area (Å²) in [7, 11) is 0. The summed E-state index contributed by atoms with van der Waals surface area (Å²) in [5.74, 6) is 0.709. The predicted octanol–water partition coefficient (Wildman–Crippen LogP) is 2.84. The van der Waals surface area contributed by atoms with E-state index in [2.05, 4.69) is 22.3 Å². The molecule has 0 aliphatic rings. The molecule has 0 amide bonds. The molecule has 1 heterocycles. The molecule has 1 aromatic heterocycles. The Balaban J connectivity index is 2.10. The van der Waals surface area contributed by atoms with Gasteiger partial charge >= 0.3 is 6.18 Å². The Morgan fingerprint density at radius 1 is 1.29 bits per heavy atom. The van der Waals surface area contributed by atoms with E-state index in [0.717, 1.165) is 25.1 Å². The third kappa shape index (κ3) is 4.29. The molecular formula is C14H17F3N4. The van der Waals surface area contributed by atoms with Crippen LogP contribution in [0.3, 0.4) is 0 Å². The SMILES string of the molecule is CCCNCc1ncnn1Cc1cccc(C(F)(F)F)c1. The van der Waals surface area contributed by atoms with Crippen molar-refractivity contribution in [1.29, 1.82) is 0 Å². The van der Waals surface area contributed by atoms with Crippen LogP contribution in [0.5, 0.6) is 0 Å². The van der Waals surface area contributed by atoms with Gasteiger partial charge in [0.15, 0.2) is 0 Å². The maximum atomic E-state index is 12.7. The zero-order valence-corrected chi connectivity index (χ0v) is 11.7. The minimum absolute atomic E-state index is 0.271. The lowest BCUT2D eigenvalue weighted by molar-refractivity contribution is -0.137. The molecular weight excluding hydrogens is 281 g/mol. The van der Waals surface area contributed by atoms with Crippen LogP contribution in [0.25, 0.3) is 0 Å². The smallest absolute Gasteiger partial charge is 0.310 e. The number of rotatable bonds is 6. The second-order valence-corrected chi connectivity index (χ2v) is 4.71. The topological polar surface area (TPSA) is 42.7 Å². The summed E-state index contributed by atoms with van der Waals surface area (Å²) in [6, 6.07) is 5.27. The van der Waals surface area contributed by atoms with Crippen molar-refractivity contribution in [1.82, 2.24) is 20.1 Å². The van der Waals surface area contributed by atoms with Gasteiger partial charge in [-0.15, -0.1) is 0 Å². The van der Waals surface area contributed by atoms with Gasteiger partial charge in [-0.1, -0.05) is 19.1 Å². The molecule has 0 saturated heterocycles. The van der Waals surface area contributed by atoms with Gasteiger partial charge in [-0.2, -0.15) is 18.3 Å². The Bertz CT molecular complexity index is 578. The van der Waals surface area contributed by atoms with Gasteiger partial charge in [0.2, 0.25) is 0 Å². The van der Waals surface area contributed by atoms with Crippen LogP contribution in [0.1, 0.15) is 30.3 Å². The first-order valence-corrected chi connectivity index (χ1v) is 6.74. The lowest BCUT2D eigenvalue weighted by Crippen LogP contribution is -2.18. The van der Waals surface area contributed by atoms with Crippen LogP contribution < -0.4 is 5.32 Å². The molecule has 1 aromatic carbocycles. The molecule has 21 heavy (non-hydrogen) atoms. The molecule has 0 radical (unpaired) electrons. The fourth-order valence-electron chi connectivity index (χ4n) is 1.95. The Kier molecular flexibility index (Phi) is 4.95. The molecule has 7 heteroatoms. The molecule has 1 N–H and O–H groups in total. The Labute approximate surface area is 121 Å². The molecule has 4 nitrogen and oxygen atoms in total. The first-order chi connectivity index (χ1) is 10.0. The van der Waals surface area contributed by atoms with Gasteiger partial charge in [0.05, 0.1) is 18.7 Å². The number of nitrogens with zero attached hydrogens (tertiary/aromatic N) is 3. The molecule has 2 rings (SSSR count). The number of nitrogens with one attached hydrogen (secondary N) is 1. The molecule has 0 unspecified atom stereocenters. The van der Waals surface area contributed by atoms with Crippen LogP contribution in [0.4, 0.5) is 13.2 Å². The lowest BCUT2D eigenvalue weighted by atomic mass is 10.1. The van der Waals surface area contributed by atoms with Crippen molar-refractivity contribution < 1.29 is 13.2 Å². The first kappa shape index (κ1) is 15.5. The highest BCUT2D eigenvalue weighted by atomic mass is 19.4. The Morgan fingerprint density at radius 3 is 2.81 bits per heavy atom. The predicted molar refractivity (Wildman–Crippen MR) is 72.6 cm³/mol. The Hall–Kier alpha value is -1.89. The highest BCUT2D eigenvalue weighted by Crippen LogP contribution is 2.29. The van der Waals surface area contributed by atoms with E-state index >= 15 is 0 Å². The van der Waals surface area contributed by atoms with Gasteiger partial charge in [0.25, 0.3) is 0 Å². The number of hydrogen-bond acceptors (Lipinski definition) is 3. The van der Waals surface area contributed by atoms with Crippen molar-refractivity contribution in [3.8, 4) is 0 Å². The van der Waals surface area contributed by atoms with E-state index in [9.17, 15) is 13.2 Å². The van der Waals surface area contributed by atoms with Gasteiger partial charge in [0, 0.05) is 0 Å². The summed E-state index contributed by atoms with van der Waals surface area (Å²) < 4.78 is 39.7. The van der Waals surface area contributed by atoms with E-state index in [1.807, 2.05) is 0 Å². The van der Waals surface area contributed by atoms with E-state index in [1.54, 1.807) is 10.7 Å². The van der Waals surface area contributed by atoms with Crippen LogP contribution in [-0.4, -0.2) is 21.3 Å². The average Bonchev–Trinajstić information content (AvgIpc) is 2.86. The fraction of sp³-hybridized carbons (Fsp3) is 0.429. The van der Waals surface area contributed by atoms with Crippen molar-refractivity contribution in [3.63, 3.8) is 0 Å². The van der Waals surface area contributed by atoms with Crippen LogP contribution in [0.15, 0.2) is 30.6 Å². The second-order valence-electron chi connectivity index (χ2n) is 4.71. The summed E-state index contributed by atoms with van der Waals surface area (Å²) in [5, 5.41) is 7.26. The van der Waals surface area contributed by atoms with Gasteiger partial charge in [-0.25, -0.2) is 9.67 Å². The number of benzene rings is 1. The zero-order valence-electron chi connectivity index (χ0n) is 11.7. The van der Waals surface area contributed by atoms with Crippen molar-refractivity contribution in [2.45, 2.75) is 32.6 Å². The zero-order chi connectivity index (χ0) is 15.3. The maximum absolute atomic E-state index is 12.7. The largest absolute Gasteiger partial charge is 0.416 e. The summed E-state index contributed by atoms with van der Waals surface area (Å²) >= 11 is 0. The molecule has 0 aliphatic heterocycles. The third-order valence-corrected chi connectivity index (χ3v) is 2.99. The normalized spacial score (nSPS) is 11.8. The van der Waals surface area contributed by atoms with Crippen molar-refractivity contribution in [3.05, 3.63) is 47.5 Å². The molecule has 0 fully saturated rings. The second kappa shape index (κ2) is 6.71. The van der Waals surface area contributed by atoms with Crippen LogP contribution in [0, 0.1) is 0 Å². The van der Waals surface area contributed by atoms with E-state index in [1.165, 1.54) is 12.4 Å². The molecule has 0 aliphatic carbocycles. The monoisotopic (exact) mass is 298 g/mol. The van der Waals surface area contributed by atoms with E-state index < -0.39 is 11.7 Å². The molecule has 0 atom stereocenters. The van der Waals surface area contributed by atoms with Crippen molar-refractivity contribution >= 4 is 0 Å². The summed E-state index contributed by atoms with van der Waals surface area (Å²) in [4.78, 5) is 4.12. The minimum atomic E-state index is -4.33. The molecule has 2 aromatic rings. The van der Waals surface area contributed by atoms with Gasteiger partial charge in [-0.3, -0.25) is 0 Å². The number of alkyl halides is 3. The van der Waals surface area contributed by atoms with E-state index in [-0.39, 0.29) is 6.54 Å². The summed E-state index contributed by atoms with van der Waals surface area (Å²) in [6.45, 7) is 3.73. The van der Waals surface area contributed by atoms with Crippen LogP contribution in [-0.2, 0) is 19.3 Å². The van der Waals surface area contributed by atoms with Gasteiger partial charge in [0.1, 0.15) is 12.2 Å². The summed E-state index contributed by atoms with van der Waals surface area (Å²) in [6.07, 6.45) is -1.91. The van der Waals surface area contributed by atoms with E-state index in [4.69, 9.17) is 0 Å². The van der Waals surface area contributed by atoms with Crippen LogP contribution >= 0.6 is 0 Å². The maximum Gasteiger partial charge on any atom is 0.416 e. The quantitative estimate of drug-likeness (QED) is 0.834.